The van der Waals surface area contributed by atoms with Gasteiger partial charge >= 0.3 is 6.03 Å². The molecule has 38 heavy (non-hydrogen) atoms. The van der Waals surface area contributed by atoms with Crippen LogP contribution in [0, 0.1) is 0 Å². The number of methoxy groups -OCH3 is 2. The third-order valence-corrected chi connectivity index (χ3v) is 6.33. The topological polar surface area (TPSA) is 116 Å². The summed E-state index contributed by atoms with van der Waals surface area (Å²) in [6.07, 6.45) is 2.61. The number of anilines is 1. The number of rotatable bonds is 7. The first kappa shape index (κ1) is 27.4. The second-order valence-corrected chi connectivity index (χ2v) is 10.4. The average molecular weight is 523 g/mol. The van der Waals surface area contributed by atoms with E-state index in [1.54, 1.807) is 20.4 Å². The van der Waals surface area contributed by atoms with E-state index in [2.05, 4.69) is 24.8 Å². The smallest absolute Gasteiger partial charge is 0.343 e. The third-order valence-electron chi connectivity index (χ3n) is 6.33. The summed E-state index contributed by atoms with van der Waals surface area (Å²) in [5.41, 5.74) is 8.63. The van der Waals surface area contributed by atoms with Crippen LogP contribution in [-0.2, 0) is 11.3 Å². The fourth-order valence-electron chi connectivity index (χ4n) is 4.54. The van der Waals surface area contributed by atoms with Gasteiger partial charge in [0.05, 0.1) is 33.0 Å². The summed E-state index contributed by atoms with van der Waals surface area (Å²) in [5, 5.41) is 3.85. The van der Waals surface area contributed by atoms with Crippen LogP contribution in [0.2, 0.25) is 0 Å². The number of nitrogen functional groups attached to an aromatic ring is 1. The first-order chi connectivity index (χ1) is 18.2. The average Bonchev–Trinajstić information content (AvgIpc) is 2.88. The van der Waals surface area contributed by atoms with Crippen LogP contribution in [0.5, 0.6) is 11.5 Å². The molecule has 1 aromatic carbocycles. The number of ether oxygens (including phenoxy) is 3. The van der Waals surface area contributed by atoms with Crippen LogP contribution >= 0.6 is 0 Å². The molecule has 0 bridgehead atoms. The van der Waals surface area contributed by atoms with Gasteiger partial charge in [-0.2, -0.15) is 4.99 Å². The quantitative estimate of drug-likeness (QED) is 0.488. The van der Waals surface area contributed by atoms with E-state index in [-0.39, 0.29) is 0 Å². The number of benzene rings is 1. The molecule has 1 aliphatic heterocycles. The summed E-state index contributed by atoms with van der Waals surface area (Å²) < 4.78 is 18.6. The summed E-state index contributed by atoms with van der Waals surface area (Å²) in [5.74, 6) is 1.68. The molecule has 0 atom stereocenters. The number of amides is 2. The molecular formula is C28H38N6O4. The van der Waals surface area contributed by atoms with Gasteiger partial charge in [0.25, 0.3) is 0 Å². The van der Waals surface area contributed by atoms with E-state index in [1.165, 1.54) is 0 Å². The normalized spacial score (nSPS) is 15.0. The lowest BCUT2D eigenvalue weighted by atomic mass is 10.0. The van der Waals surface area contributed by atoms with Crippen LogP contribution < -0.4 is 26.0 Å². The predicted octanol–water partition coefficient (Wildman–Crippen LogP) is 3.43. The highest BCUT2D eigenvalue weighted by Gasteiger charge is 2.18. The predicted molar refractivity (Wildman–Crippen MR) is 148 cm³/mol. The summed E-state index contributed by atoms with van der Waals surface area (Å²) in [6, 6.07) is 9.03. The minimum absolute atomic E-state index is 0.403. The number of hydrogen-bond donors (Lipinski definition) is 2. The van der Waals surface area contributed by atoms with Crippen molar-refractivity contribution in [2.45, 2.75) is 39.3 Å². The second kappa shape index (κ2) is 11.8. The SMILES string of the molecule is COc1cc(OC)cc(-c2cc3cnc(N)cc3n(CCCN3CCOCC3)/c2=N\C(=O)NC(C)(C)C)c1. The summed E-state index contributed by atoms with van der Waals surface area (Å²) in [6.45, 7) is 10.6. The van der Waals surface area contributed by atoms with Crippen molar-refractivity contribution in [1.29, 1.82) is 0 Å². The van der Waals surface area contributed by atoms with E-state index in [0.717, 1.165) is 61.3 Å². The lowest BCUT2D eigenvalue weighted by molar-refractivity contribution is 0.0369. The van der Waals surface area contributed by atoms with Crippen molar-refractivity contribution in [3.05, 3.63) is 42.0 Å². The number of carbonyl (C=O) groups excluding carboxylic acids is 1. The van der Waals surface area contributed by atoms with Gasteiger partial charge in [-0.15, -0.1) is 0 Å². The van der Waals surface area contributed by atoms with Crippen LogP contribution in [0.25, 0.3) is 22.0 Å². The molecule has 2 aromatic heterocycles. The highest BCUT2D eigenvalue weighted by atomic mass is 16.5. The Labute approximate surface area is 223 Å². The monoisotopic (exact) mass is 522 g/mol. The maximum atomic E-state index is 13.1. The zero-order valence-corrected chi connectivity index (χ0v) is 22.9. The van der Waals surface area contributed by atoms with Crippen molar-refractivity contribution < 1.29 is 19.0 Å². The van der Waals surface area contributed by atoms with E-state index in [0.29, 0.717) is 29.3 Å². The fraction of sp³-hybridized carbons (Fsp3) is 0.464. The van der Waals surface area contributed by atoms with Gasteiger partial charge in [-0.25, -0.2) is 9.78 Å². The van der Waals surface area contributed by atoms with E-state index in [1.807, 2.05) is 51.1 Å². The van der Waals surface area contributed by atoms with E-state index in [9.17, 15) is 4.79 Å². The number of nitrogens with one attached hydrogen (secondary N) is 1. The molecule has 10 heteroatoms. The van der Waals surface area contributed by atoms with Crippen molar-refractivity contribution in [3.63, 3.8) is 0 Å². The Morgan fingerprint density at radius 2 is 1.76 bits per heavy atom. The van der Waals surface area contributed by atoms with Gasteiger partial charge in [0.15, 0.2) is 0 Å². The first-order valence-electron chi connectivity index (χ1n) is 12.9. The van der Waals surface area contributed by atoms with Gasteiger partial charge in [-0.05, 0) is 51.0 Å². The lowest BCUT2D eigenvalue weighted by Gasteiger charge is -2.27. The van der Waals surface area contributed by atoms with Gasteiger partial charge in [0, 0.05) is 61.0 Å². The fourth-order valence-corrected chi connectivity index (χ4v) is 4.54. The number of aromatic nitrogens is 2. The Morgan fingerprint density at radius 3 is 2.39 bits per heavy atom. The van der Waals surface area contributed by atoms with Crippen molar-refractivity contribution in [2.75, 3.05) is 52.8 Å². The maximum absolute atomic E-state index is 13.1. The van der Waals surface area contributed by atoms with Crippen LogP contribution in [0.3, 0.4) is 0 Å². The van der Waals surface area contributed by atoms with Gasteiger partial charge in [-0.1, -0.05) is 0 Å². The summed E-state index contributed by atoms with van der Waals surface area (Å²) in [7, 11) is 3.22. The summed E-state index contributed by atoms with van der Waals surface area (Å²) in [4.78, 5) is 24.5. The van der Waals surface area contributed by atoms with Crippen molar-refractivity contribution >= 4 is 22.8 Å². The van der Waals surface area contributed by atoms with Crippen LogP contribution in [0.15, 0.2) is 41.5 Å². The molecular weight excluding hydrogens is 484 g/mol. The zero-order chi connectivity index (χ0) is 27.3. The van der Waals surface area contributed by atoms with Gasteiger partial charge in [-0.3, -0.25) is 4.90 Å². The molecule has 1 fully saturated rings. The Balaban J connectivity index is 1.91. The molecule has 1 saturated heterocycles. The lowest BCUT2D eigenvalue weighted by Crippen LogP contribution is -2.40. The number of morpholine rings is 1. The Hall–Kier alpha value is -3.63. The van der Waals surface area contributed by atoms with E-state index in [4.69, 9.17) is 19.9 Å². The molecule has 0 unspecified atom stereocenters. The standard InChI is InChI=1S/C28H38N6O4/c1-28(2,3)32-27(35)31-26-23(19-13-21(36-4)16-22(14-19)37-5)15-20-18-30-25(29)17-24(20)34(26)8-6-7-33-9-11-38-12-10-33/h13-18H,6-12H2,1-5H3,(H2,29,30)(H,32,35)/b31-26-. The highest BCUT2D eigenvalue weighted by molar-refractivity contribution is 5.86. The Bertz CT molecular complexity index is 1330. The molecule has 1 aliphatic rings. The van der Waals surface area contributed by atoms with Crippen LogP contribution in [0.4, 0.5) is 10.6 Å². The van der Waals surface area contributed by atoms with Crippen molar-refractivity contribution in [2.24, 2.45) is 4.99 Å². The van der Waals surface area contributed by atoms with Gasteiger partial charge in [0.1, 0.15) is 22.8 Å². The Kier molecular flexibility index (Phi) is 8.53. The van der Waals surface area contributed by atoms with E-state index < -0.39 is 11.6 Å². The number of carbonyl (C=O) groups is 1. The molecule has 0 aliphatic carbocycles. The minimum atomic E-state index is -0.438. The van der Waals surface area contributed by atoms with E-state index >= 15 is 0 Å². The molecule has 10 nitrogen and oxygen atoms in total. The number of urea groups is 1. The molecule has 4 rings (SSSR count). The minimum Gasteiger partial charge on any atom is -0.497 e. The summed E-state index contributed by atoms with van der Waals surface area (Å²) >= 11 is 0. The molecule has 3 N–H and O–H groups in total. The second-order valence-electron chi connectivity index (χ2n) is 10.4. The van der Waals surface area contributed by atoms with Gasteiger partial charge < -0.3 is 29.8 Å². The maximum Gasteiger partial charge on any atom is 0.343 e. The van der Waals surface area contributed by atoms with Crippen LogP contribution in [-0.4, -0.2) is 73.1 Å². The number of nitrogens with two attached hydrogens (primary N) is 1. The molecule has 204 valence electrons. The number of hydrogen-bond acceptors (Lipinski definition) is 7. The van der Waals surface area contributed by atoms with Crippen molar-refractivity contribution in [3.8, 4) is 22.6 Å². The number of nitrogens with zero attached hydrogens (tertiary/aromatic N) is 4. The molecule has 3 heterocycles. The number of pyridine rings is 2. The number of fused-ring (bicyclic) bond motifs is 1. The highest BCUT2D eigenvalue weighted by Crippen LogP contribution is 2.30. The van der Waals surface area contributed by atoms with Gasteiger partial charge in [0.2, 0.25) is 0 Å². The molecule has 0 radical (unpaired) electrons. The molecule has 2 amide bonds. The molecule has 3 aromatic rings. The Morgan fingerprint density at radius 1 is 1.08 bits per heavy atom. The van der Waals surface area contributed by atoms with Crippen molar-refractivity contribution in [1.82, 2.24) is 19.8 Å². The first-order valence-corrected chi connectivity index (χ1v) is 12.9. The van der Waals surface area contributed by atoms with Crippen LogP contribution in [0.1, 0.15) is 27.2 Å². The number of aryl methyl sites for hydroxylation is 1. The largest absolute Gasteiger partial charge is 0.497 e. The zero-order valence-electron chi connectivity index (χ0n) is 22.9. The third kappa shape index (κ3) is 6.81. The molecule has 0 spiro atoms. The molecule has 0 saturated carbocycles.